The lowest BCUT2D eigenvalue weighted by molar-refractivity contribution is -0.138. The summed E-state index contributed by atoms with van der Waals surface area (Å²) >= 11 is 0. The molecule has 0 aromatic heterocycles. The Labute approximate surface area is 142 Å². The van der Waals surface area contributed by atoms with E-state index in [2.05, 4.69) is 5.10 Å². The first-order valence-electron chi connectivity index (χ1n) is 8.96. The maximum absolute atomic E-state index is 13.1. The number of carbonyl (C=O) groups is 2. The van der Waals surface area contributed by atoms with E-state index in [4.69, 9.17) is 0 Å². The number of nitrogens with zero attached hydrogens (tertiary/aromatic N) is 2. The molecular formula is C20H24N2O2. The summed E-state index contributed by atoms with van der Waals surface area (Å²) in [6.07, 6.45) is 4.97. The minimum absolute atomic E-state index is 0.0156. The predicted octanol–water partition coefficient (Wildman–Crippen LogP) is 3.53. The number of amides is 1. The van der Waals surface area contributed by atoms with Gasteiger partial charge in [-0.25, -0.2) is 5.01 Å². The number of fused-ring (bicyclic) bond motifs is 2. The molecule has 1 aromatic rings. The van der Waals surface area contributed by atoms with Crippen molar-refractivity contribution >= 4 is 17.4 Å². The molecule has 1 aromatic carbocycles. The van der Waals surface area contributed by atoms with Crippen LogP contribution in [0.3, 0.4) is 0 Å². The summed E-state index contributed by atoms with van der Waals surface area (Å²) in [7, 11) is 0. The second kappa shape index (κ2) is 5.54. The van der Waals surface area contributed by atoms with Crippen LogP contribution in [0.5, 0.6) is 0 Å². The Hall–Kier alpha value is -1.97. The lowest BCUT2D eigenvalue weighted by Crippen LogP contribution is -2.45. The summed E-state index contributed by atoms with van der Waals surface area (Å²) in [6, 6.07) is 9.13. The lowest BCUT2D eigenvalue weighted by atomic mass is 9.66. The number of benzene rings is 1. The van der Waals surface area contributed by atoms with E-state index in [0.29, 0.717) is 17.4 Å². The van der Waals surface area contributed by atoms with Crippen molar-refractivity contribution in [2.75, 3.05) is 6.54 Å². The monoisotopic (exact) mass is 324 g/mol. The van der Waals surface area contributed by atoms with Gasteiger partial charge < -0.3 is 0 Å². The molecule has 1 heterocycles. The highest BCUT2D eigenvalue weighted by Crippen LogP contribution is 2.56. The van der Waals surface area contributed by atoms with Crippen molar-refractivity contribution in [2.45, 2.75) is 39.5 Å². The highest BCUT2D eigenvalue weighted by Gasteiger charge is 2.57. The first-order chi connectivity index (χ1) is 11.5. The largest absolute Gasteiger partial charge is 0.292 e. The van der Waals surface area contributed by atoms with Crippen molar-refractivity contribution in [3.63, 3.8) is 0 Å². The molecule has 126 valence electrons. The van der Waals surface area contributed by atoms with Crippen LogP contribution in [0.25, 0.3) is 0 Å². The van der Waals surface area contributed by atoms with Gasteiger partial charge >= 0.3 is 0 Å². The first-order valence-corrected chi connectivity index (χ1v) is 8.96. The van der Waals surface area contributed by atoms with Gasteiger partial charge in [0.2, 0.25) is 0 Å². The Morgan fingerprint density at radius 1 is 1.25 bits per heavy atom. The van der Waals surface area contributed by atoms with Crippen molar-refractivity contribution in [1.29, 1.82) is 0 Å². The molecule has 0 saturated heterocycles. The van der Waals surface area contributed by atoms with Gasteiger partial charge in [0.05, 0.1) is 11.1 Å². The third-order valence-corrected chi connectivity index (χ3v) is 6.57. The summed E-state index contributed by atoms with van der Waals surface area (Å²) in [5.74, 6) is 1.79. The molecule has 0 spiro atoms. The van der Waals surface area contributed by atoms with E-state index in [1.54, 1.807) is 12.1 Å². The van der Waals surface area contributed by atoms with Gasteiger partial charge in [0.15, 0.2) is 5.78 Å². The lowest BCUT2D eigenvalue weighted by Gasteiger charge is -2.35. The van der Waals surface area contributed by atoms with Gasteiger partial charge in [-0.05, 0) is 50.9 Å². The van der Waals surface area contributed by atoms with E-state index < -0.39 is 5.41 Å². The molecule has 2 bridgehead atoms. The van der Waals surface area contributed by atoms with Crippen LogP contribution in [0.1, 0.15) is 49.9 Å². The summed E-state index contributed by atoms with van der Waals surface area (Å²) in [6.45, 7) is 4.04. The molecule has 24 heavy (non-hydrogen) atoms. The predicted molar refractivity (Wildman–Crippen MR) is 92.6 cm³/mol. The van der Waals surface area contributed by atoms with Crippen molar-refractivity contribution in [1.82, 2.24) is 5.01 Å². The molecule has 1 aliphatic heterocycles. The fourth-order valence-corrected chi connectivity index (χ4v) is 5.09. The van der Waals surface area contributed by atoms with Crippen molar-refractivity contribution < 1.29 is 9.59 Å². The van der Waals surface area contributed by atoms with Gasteiger partial charge in [-0.3, -0.25) is 9.59 Å². The van der Waals surface area contributed by atoms with Gasteiger partial charge in [-0.15, -0.1) is 0 Å². The molecule has 3 aliphatic rings. The molecular weight excluding hydrogens is 300 g/mol. The first kappa shape index (κ1) is 15.6. The zero-order chi connectivity index (χ0) is 16.9. The van der Waals surface area contributed by atoms with Crippen LogP contribution in [0, 0.1) is 23.2 Å². The molecule has 1 amide bonds. The molecule has 1 unspecified atom stereocenters. The third-order valence-electron chi connectivity index (χ3n) is 6.57. The molecule has 0 radical (unpaired) electrons. The quantitative estimate of drug-likeness (QED) is 0.796. The van der Waals surface area contributed by atoms with Gasteiger partial charge in [0.25, 0.3) is 5.91 Å². The fraction of sp³-hybridized carbons (Fsp3) is 0.550. The van der Waals surface area contributed by atoms with Crippen LogP contribution >= 0.6 is 0 Å². The zero-order valence-electron chi connectivity index (χ0n) is 14.4. The Kier molecular flexibility index (Phi) is 3.59. The number of hydrazone groups is 1. The molecule has 4 rings (SSSR count). The molecule has 0 N–H and O–H groups in total. The van der Waals surface area contributed by atoms with Crippen LogP contribution in [-0.4, -0.2) is 29.0 Å². The van der Waals surface area contributed by atoms with E-state index >= 15 is 0 Å². The van der Waals surface area contributed by atoms with Crippen LogP contribution < -0.4 is 0 Å². The number of hydrogen-bond acceptors (Lipinski definition) is 3. The molecule has 4 atom stereocenters. The van der Waals surface area contributed by atoms with Crippen molar-refractivity contribution in [3.05, 3.63) is 35.9 Å². The Morgan fingerprint density at radius 2 is 2.00 bits per heavy atom. The maximum Gasteiger partial charge on any atom is 0.255 e. The van der Waals surface area contributed by atoms with E-state index in [9.17, 15) is 9.59 Å². The van der Waals surface area contributed by atoms with Crippen LogP contribution in [-0.2, 0) is 4.79 Å². The molecule has 2 saturated carbocycles. The summed E-state index contributed by atoms with van der Waals surface area (Å²) in [4.78, 5) is 25.6. The van der Waals surface area contributed by atoms with Gasteiger partial charge in [-0.1, -0.05) is 36.8 Å². The zero-order valence-corrected chi connectivity index (χ0v) is 14.4. The number of ketones is 1. The second-order valence-corrected chi connectivity index (χ2v) is 7.82. The van der Waals surface area contributed by atoms with Crippen molar-refractivity contribution in [3.8, 4) is 0 Å². The highest BCUT2D eigenvalue weighted by atomic mass is 16.2. The molecule has 4 nitrogen and oxygen atoms in total. The summed E-state index contributed by atoms with van der Waals surface area (Å²) in [5, 5.41) is 5.91. The number of rotatable bonds is 4. The SMILES string of the molecule is CC1=NN(CC(=O)c2ccccc2)C(=O)C1(C)[C@H]1C[C@H]2CC[C@@H]1C2. The van der Waals surface area contributed by atoms with E-state index in [-0.39, 0.29) is 18.2 Å². The third kappa shape index (κ3) is 2.23. The average Bonchev–Trinajstić information content (AvgIpc) is 3.28. The molecule has 4 heteroatoms. The Morgan fingerprint density at radius 3 is 2.62 bits per heavy atom. The van der Waals surface area contributed by atoms with Gasteiger partial charge in [0.1, 0.15) is 6.54 Å². The number of hydrogen-bond donors (Lipinski definition) is 0. The standard InChI is InChI=1S/C20H24N2O2/c1-13-20(2,17-11-14-8-9-16(17)10-14)19(24)22(21-13)12-18(23)15-6-4-3-5-7-15/h3-7,14,16-17H,8-12H2,1-2H3/t14-,16+,17-,20?/m0/s1. The van der Waals surface area contributed by atoms with E-state index in [1.165, 1.54) is 24.3 Å². The smallest absolute Gasteiger partial charge is 0.255 e. The van der Waals surface area contributed by atoms with Crippen molar-refractivity contribution in [2.24, 2.45) is 28.3 Å². The molecule has 2 aliphatic carbocycles. The van der Waals surface area contributed by atoms with Crippen LogP contribution in [0.2, 0.25) is 0 Å². The topological polar surface area (TPSA) is 49.7 Å². The normalized spacial score (nSPS) is 34.8. The minimum atomic E-state index is -0.517. The van der Waals surface area contributed by atoms with E-state index in [0.717, 1.165) is 18.1 Å². The summed E-state index contributed by atoms with van der Waals surface area (Å²) < 4.78 is 0. The van der Waals surface area contributed by atoms with Gasteiger partial charge in [0, 0.05) is 5.56 Å². The highest BCUT2D eigenvalue weighted by molar-refractivity contribution is 6.12. The average molecular weight is 324 g/mol. The van der Waals surface area contributed by atoms with Crippen LogP contribution in [0.15, 0.2) is 35.4 Å². The Bertz CT molecular complexity index is 712. The fourth-order valence-electron chi connectivity index (χ4n) is 5.09. The van der Waals surface area contributed by atoms with E-state index in [1.807, 2.05) is 32.0 Å². The van der Waals surface area contributed by atoms with Gasteiger partial charge in [-0.2, -0.15) is 5.10 Å². The summed E-state index contributed by atoms with van der Waals surface area (Å²) in [5.41, 5.74) is 0.995. The number of Topliss-reactive ketones (excluding diaryl/α,β-unsaturated/α-hetero) is 1. The second-order valence-electron chi connectivity index (χ2n) is 7.82. The Balaban J connectivity index is 1.53. The molecule has 2 fully saturated rings. The minimum Gasteiger partial charge on any atom is -0.292 e. The maximum atomic E-state index is 13.1. The number of carbonyl (C=O) groups excluding carboxylic acids is 2. The van der Waals surface area contributed by atoms with Crippen LogP contribution in [0.4, 0.5) is 0 Å².